The van der Waals surface area contributed by atoms with Crippen LogP contribution in [0.3, 0.4) is 0 Å². The van der Waals surface area contributed by atoms with Gasteiger partial charge in [-0.05, 0) is 42.9 Å². The van der Waals surface area contributed by atoms with E-state index in [0.717, 1.165) is 25.2 Å². The topological polar surface area (TPSA) is 119 Å². The van der Waals surface area contributed by atoms with Gasteiger partial charge in [0.25, 0.3) is 0 Å². The zero-order valence-electron chi connectivity index (χ0n) is 17.2. The van der Waals surface area contributed by atoms with Crippen molar-refractivity contribution in [2.75, 3.05) is 29.5 Å². The molecule has 2 aromatic heterocycles. The first-order valence-corrected chi connectivity index (χ1v) is 9.58. The molecule has 8 heteroatoms. The summed E-state index contributed by atoms with van der Waals surface area (Å²) in [5.74, 6) is 2.42. The number of pyridine rings is 2. The normalized spacial score (nSPS) is 9.67. The molecule has 0 unspecified atom stereocenters. The highest BCUT2D eigenvalue weighted by Gasteiger charge is 2.13. The molecule has 0 bridgehead atoms. The molecule has 4 N–H and O–H groups in total. The van der Waals surface area contributed by atoms with Gasteiger partial charge < -0.3 is 16.4 Å². The van der Waals surface area contributed by atoms with Gasteiger partial charge in [-0.1, -0.05) is 42.5 Å². The zero-order chi connectivity index (χ0) is 20.9. The molecule has 0 amide bonds. The Balaban J connectivity index is 0. The SMILES string of the molecule is C.C.CC(C)CCNc1ncccc1N.CC(C)CCNc1ncccc1[N+](=O)[O-]. The Bertz CT molecular complexity index is 722. The van der Waals surface area contributed by atoms with Gasteiger partial charge in [-0.2, -0.15) is 0 Å². The van der Waals surface area contributed by atoms with E-state index < -0.39 is 4.92 Å². The monoisotopic (exact) mass is 420 g/mol. The summed E-state index contributed by atoms with van der Waals surface area (Å²) in [6.07, 6.45) is 5.39. The standard InChI is InChI=1S/C10H15N3O2.C10H17N3.2CH4/c1-8(2)5-7-12-10-9(13(14)15)4-3-6-11-10;1-8(2)5-7-13-10-9(11)4-3-6-12-10;;/h3-4,6,8H,5,7H2,1-2H3,(H,11,12);3-4,6,8H,5,7,11H2,1-2H3,(H,12,13);2*1H4. The van der Waals surface area contributed by atoms with E-state index >= 15 is 0 Å². The first-order valence-electron chi connectivity index (χ1n) is 9.58. The van der Waals surface area contributed by atoms with Gasteiger partial charge in [0.1, 0.15) is 5.82 Å². The third-order valence-corrected chi connectivity index (χ3v) is 3.85. The van der Waals surface area contributed by atoms with Gasteiger partial charge in [0.15, 0.2) is 0 Å². The molecule has 0 aromatic carbocycles. The molecule has 8 nitrogen and oxygen atoms in total. The van der Waals surface area contributed by atoms with E-state index in [9.17, 15) is 10.1 Å². The molecule has 170 valence electrons. The Hall–Kier alpha value is -2.90. The molecule has 0 radical (unpaired) electrons. The van der Waals surface area contributed by atoms with E-state index in [1.165, 1.54) is 6.07 Å². The highest BCUT2D eigenvalue weighted by atomic mass is 16.6. The van der Waals surface area contributed by atoms with Crippen molar-refractivity contribution in [3.05, 3.63) is 46.8 Å². The maximum Gasteiger partial charge on any atom is 0.311 e. The van der Waals surface area contributed by atoms with E-state index in [1.54, 1.807) is 18.5 Å². The van der Waals surface area contributed by atoms with Crippen molar-refractivity contribution in [1.82, 2.24) is 9.97 Å². The Kier molecular flexibility index (Phi) is 15.6. The second kappa shape index (κ2) is 16.0. The fourth-order valence-corrected chi connectivity index (χ4v) is 2.20. The van der Waals surface area contributed by atoms with Gasteiger partial charge >= 0.3 is 5.69 Å². The summed E-state index contributed by atoms with van der Waals surface area (Å²) >= 11 is 0. The number of nitro groups is 1. The molecule has 0 aliphatic heterocycles. The fraction of sp³-hybridized carbons (Fsp3) is 0.545. The van der Waals surface area contributed by atoms with Crippen LogP contribution in [0.15, 0.2) is 36.7 Å². The second-order valence-corrected chi connectivity index (χ2v) is 7.29. The number of aromatic nitrogens is 2. The van der Waals surface area contributed by atoms with Gasteiger partial charge in [0.05, 0.1) is 10.6 Å². The van der Waals surface area contributed by atoms with Gasteiger partial charge in [-0.3, -0.25) is 10.1 Å². The van der Waals surface area contributed by atoms with E-state index in [4.69, 9.17) is 5.73 Å². The van der Waals surface area contributed by atoms with Crippen LogP contribution in [0.5, 0.6) is 0 Å². The van der Waals surface area contributed by atoms with Gasteiger partial charge in [0.2, 0.25) is 5.82 Å². The number of rotatable bonds is 9. The molecule has 2 rings (SSSR count). The van der Waals surface area contributed by atoms with Crippen molar-refractivity contribution in [2.24, 2.45) is 11.8 Å². The quantitative estimate of drug-likeness (QED) is 0.344. The van der Waals surface area contributed by atoms with E-state index in [0.29, 0.717) is 29.9 Å². The molecule has 0 aliphatic rings. The molecule has 2 aromatic rings. The van der Waals surface area contributed by atoms with Crippen LogP contribution in [-0.2, 0) is 0 Å². The number of nitrogens with two attached hydrogens (primary N) is 1. The average Bonchev–Trinajstić information content (AvgIpc) is 2.63. The second-order valence-electron chi connectivity index (χ2n) is 7.29. The molecule has 0 atom stereocenters. The van der Waals surface area contributed by atoms with Crippen LogP contribution in [0, 0.1) is 22.0 Å². The van der Waals surface area contributed by atoms with Crippen LogP contribution in [0.2, 0.25) is 0 Å². The molecular formula is C22H40N6O2. The lowest BCUT2D eigenvalue weighted by molar-refractivity contribution is -0.384. The number of hydrogen-bond donors (Lipinski definition) is 3. The summed E-state index contributed by atoms with van der Waals surface area (Å²) in [4.78, 5) is 18.3. The highest BCUT2D eigenvalue weighted by Crippen LogP contribution is 2.20. The van der Waals surface area contributed by atoms with E-state index in [1.807, 2.05) is 12.1 Å². The van der Waals surface area contributed by atoms with Crippen LogP contribution in [-0.4, -0.2) is 28.0 Å². The third-order valence-electron chi connectivity index (χ3n) is 3.85. The van der Waals surface area contributed by atoms with Crippen molar-refractivity contribution in [1.29, 1.82) is 0 Å². The number of nitrogens with one attached hydrogen (secondary N) is 2. The summed E-state index contributed by atoms with van der Waals surface area (Å²) in [6.45, 7) is 10.2. The van der Waals surface area contributed by atoms with Crippen molar-refractivity contribution < 1.29 is 4.92 Å². The van der Waals surface area contributed by atoms with Crippen LogP contribution in [0.25, 0.3) is 0 Å². The van der Waals surface area contributed by atoms with Gasteiger partial charge in [-0.15, -0.1) is 0 Å². The average molecular weight is 421 g/mol. The van der Waals surface area contributed by atoms with Crippen molar-refractivity contribution >= 4 is 23.0 Å². The lowest BCUT2D eigenvalue weighted by atomic mass is 10.1. The number of hydrogen-bond acceptors (Lipinski definition) is 7. The predicted octanol–water partition coefficient (Wildman–Crippen LogP) is 5.84. The summed E-state index contributed by atoms with van der Waals surface area (Å²) in [5, 5.41) is 16.8. The highest BCUT2D eigenvalue weighted by molar-refractivity contribution is 5.60. The molecule has 2 heterocycles. The molecule has 30 heavy (non-hydrogen) atoms. The Morgan fingerprint density at radius 1 is 0.933 bits per heavy atom. The Morgan fingerprint density at radius 2 is 1.40 bits per heavy atom. The minimum Gasteiger partial charge on any atom is -0.396 e. The maximum absolute atomic E-state index is 10.6. The van der Waals surface area contributed by atoms with Crippen LogP contribution in [0.4, 0.5) is 23.0 Å². The van der Waals surface area contributed by atoms with Gasteiger partial charge in [-0.25, -0.2) is 9.97 Å². The summed E-state index contributed by atoms with van der Waals surface area (Å²) < 4.78 is 0. The largest absolute Gasteiger partial charge is 0.396 e. The lowest BCUT2D eigenvalue weighted by Crippen LogP contribution is -2.08. The molecule has 0 fully saturated rings. The minimum absolute atomic E-state index is 0. The summed E-state index contributed by atoms with van der Waals surface area (Å²) in [5.41, 5.74) is 6.46. The third kappa shape index (κ3) is 11.8. The van der Waals surface area contributed by atoms with E-state index in [2.05, 4.69) is 48.3 Å². The molecule has 0 saturated carbocycles. The fourth-order valence-electron chi connectivity index (χ4n) is 2.20. The first kappa shape index (κ1) is 29.3. The first-order chi connectivity index (χ1) is 13.3. The summed E-state index contributed by atoms with van der Waals surface area (Å²) in [7, 11) is 0. The lowest BCUT2D eigenvalue weighted by Gasteiger charge is -2.08. The number of nitrogen functional groups attached to an aromatic ring is 1. The Morgan fingerprint density at radius 3 is 1.87 bits per heavy atom. The van der Waals surface area contributed by atoms with Gasteiger partial charge in [0, 0.05) is 31.5 Å². The minimum atomic E-state index is -0.426. The maximum atomic E-state index is 10.6. The predicted molar refractivity (Wildman–Crippen MR) is 129 cm³/mol. The Labute approximate surface area is 181 Å². The number of nitrogens with zero attached hydrogens (tertiary/aromatic N) is 3. The van der Waals surface area contributed by atoms with Crippen LogP contribution < -0.4 is 16.4 Å². The van der Waals surface area contributed by atoms with Crippen molar-refractivity contribution in [2.45, 2.75) is 55.4 Å². The van der Waals surface area contributed by atoms with Crippen LogP contribution >= 0.6 is 0 Å². The molecule has 0 aliphatic carbocycles. The zero-order valence-corrected chi connectivity index (χ0v) is 17.2. The van der Waals surface area contributed by atoms with Crippen molar-refractivity contribution in [3.8, 4) is 0 Å². The van der Waals surface area contributed by atoms with Crippen LogP contribution in [0.1, 0.15) is 55.4 Å². The smallest absolute Gasteiger partial charge is 0.311 e. The van der Waals surface area contributed by atoms with Crippen molar-refractivity contribution in [3.63, 3.8) is 0 Å². The number of anilines is 3. The van der Waals surface area contributed by atoms with E-state index in [-0.39, 0.29) is 20.5 Å². The molecule has 0 saturated heterocycles. The molecular weight excluding hydrogens is 380 g/mol. The molecule has 0 spiro atoms. The summed E-state index contributed by atoms with van der Waals surface area (Å²) in [6, 6.07) is 6.70.